The second-order valence-corrected chi connectivity index (χ2v) is 11.3. The normalized spacial score (nSPS) is 11.5. The molecule has 0 saturated heterocycles. The van der Waals surface area contributed by atoms with Crippen LogP contribution in [0.4, 0.5) is 5.82 Å². The van der Waals surface area contributed by atoms with Gasteiger partial charge in [0.1, 0.15) is 5.01 Å². The SMILES string of the molecule is CC(C)(C)O.Cc1cc2nc(-c3ccc4c(c3)c(N)nn4C)sc2c(-c2ccc(Cl)cc2)c1CC(=O)O. The molecule has 0 unspecified atom stereocenters. The zero-order valence-corrected chi connectivity index (χ0v) is 22.9. The van der Waals surface area contributed by atoms with E-state index in [9.17, 15) is 9.90 Å². The summed E-state index contributed by atoms with van der Waals surface area (Å²) in [5.41, 5.74) is 11.8. The second kappa shape index (κ2) is 10.1. The lowest BCUT2D eigenvalue weighted by Crippen LogP contribution is -2.10. The Morgan fingerprint density at radius 1 is 1.11 bits per heavy atom. The Morgan fingerprint density at radius 3 is 2.35 bits per heavy atom. The van der Waals surface area contributed by atoms with Gasteiger partial charge in [0.2, 0.25) is 0 Å². The number of anilines is 1. The standard InChI is InChI=1S/C24H19ClN4O2S.C4H10O/c1-12-9-18-22(21(16(12)11-20(30)31)13-3-6-15(25)7-4-13)32-24(27-18)14-5-8-19-17(10-14)23(26)28-29(19)2;1-4(2,3)5/h3-10H,11H2,1-2H3,(H2,26,28)(H,30,31);5H,1-3H3. The molecule has 5 rings (SSSR count). The van der Waals surface area contributed by atoms with Crippen molar-refractivity contribution < 1.29 is 15.0 Å². The Balaban J connectivity index is 0.000000586. The average Bonchev–Trinajstić information content (AvgIpc) is 3.34. The smallest absolute Gasteiger partial charge is 0.307 e. The molecule has 0 aliphatic heterocycles. The fourth-order valence-electron chi connectivity index (χ4n) is 4.09. The molecule has 0 radical (unpaired) electrons. The van der Waals surface area contributed by atoms with Gasteiger partial charge in [0.15, 0.2) is 5.82 Å². The van der Waals surface area contributed by atoms with Gasteiger partial charge in [-0.1, -0.05) is 23.7 Å². The Hall–Kier alpha value is -3.46. The van der Waals surface area contributed by atoms with Crippen LogP contribution in [0.15, 0.2) is 48.5 Å². The molecule has 2 heterocycles. The summed E-state index contributed by atoms with van der Waals surface area (Å²) in [6, 6.07) is 15.4. The highest BCUT2D eigenvalue weighted by Crippen LogP contribution is 2.41. The monoisotopic (exact) mass is 536 g/mol. The van der Waals surface area contributed by atoms with Crippen molar-refractivity contribution in [1.29, 1.82) is 0 Å². The van der Waals surface area contributed by atoms with Gasteiger partial charge in [0.25, 0.3) is 0 Å². The molecule has 0 saturated carbocycles. The molecular weight excluding hydrogens is 508 g/mol. The Morgan fingerprint density at radius 2 is 1.73 bits per heavy atom. The molecule has 0 aliphatic rings. The van der Waals surface area contributed by atoms with Crippen LogP contribution in [0.1, 0.15) is 31.9 Å². The summed E-state index contributed by atoms with van der Waals surface area (Å²) >= 11 is 7.64. The quantitative estimate of drug-likeness (QED) is 0.242. The van der Waals surface area contributed by atoms with Crippen LogP contribution in [0.25, 0.3) is 42.8 Å². The zero-order chi connectivity index (χ0) is 27.1. The lowest BCUT2D eigenvalue weighted by molar-refractivity contribution is -0.136. The number of hydrogen-bond donors (Lipinski definition) is 3. The van der Waals surface area contributed by atoms with Crippen LogP contribution in [-0.2, 0) is 18.3 Å². The Bertz CT molecular complexity index is 1610. The number of aromatic nitrogens is 3. The predicted octanol–water partition coefficient (Wildman–Crippen LogP) is 6.47. The third kappa shape index (κ3) is 5.93. The first-order valence-electron chi connectivity index (χ1n) is 11.7. The second-order valence-electron chi connectivity index (χ2n) is 9.90. The maximum absolute atomic E-state index is 11.6. The third-order valence-corrected chi connectivity index (χ3v) is 6.99. The van der Waals surface area contributed by atoms with Crippen molar-refractivity contribution >= 4 is 55.8 Å². The van der Waals surface area contributed by atoms with Gasteiger partial charge in [-0.3, -0.25) is 9.48 Å². The zero-order valence-electron chi connectivity index (χ0n) is 21.3. The molecule has 192 valence electrons. The third-order valence-electron chi connectivity index (χ3n) is 5.60. The highest BCUT2D eigenvalue weighted by atomic mass is 35.5. The maximum atomic E-state index is 11.6. The minimum Gasteiger partial charge on any atom is -0.481 e. The summed E-state index contributed by atoms with van der Waals surface area (Å²) < 4.78 is 2.70. The van der Waals surface area contributed by atoms with Gasteiger partial charge in [-0.2, -0.15) is 5.10 Å². The molecular formula is C28H29ClN4O3S. The summed E-state index contributed by atoms with van der Waals surface area (Å²) in [7, 11) is 1.86. The number of nitrogens with two attached hydrogens (primary N) is 1. The number of nitrogens with zero attached hydrogens (tertiary/aromatic N) is 3. The van der Waals surface area contributed by atoms with E-state index in [2.05, 4.69) is 5.10 Å². The number of thiazole rings is 1. The maximum Gasteiger partial charge on any atom is 0.307 e. The molecule has 0 fully saturated rings. The van der Waals surface area contributed by atoms with E-state index in [4.69, 9.17) is 27.4 Å². The summed E-state index contributed by atoms with van der Waals surface area (Å²) in [5.74, 6) is -0.392. The van der Waals surface area contributed by atoms with Gasteiger partial charge in [-0.25, -0.2) is 4.98 Å². The highest BCUT2D eigenvalue weighted by Gasteiger charge is 2.20. The molecule has 0 spiro atoms. The number of rotatable bonds is 4. The van der Waals surface area contributed by atoms with Crippen molar-refractivity contribution in [2.24, 2.45) is 7.05 Å². The lowest BCUT2D eigenvalue weighted by atomic mass is 9.93. The van der Waals surface area contributed by atoms with Gasteiger partial charge in [-0.15, -0.1) is 11.3 Å². The van der Waals surface area contributed by atoms with E-state index in [0.717, 1.165) is 53.9 Å². The number of aryl methyl sites for hydroxylation is 2. The van der Waals surface area contributed by atoms with Crippen LogP contribution in [-0.4, -0.2) is 36.5 Å². The molecule has 7 nitrogen and oxygen atoms in total. The predicted molar refractivity (Wildman–Crippen MR) is 152 cm³/mol. The van der Waals surface area contributed by atoms with Gasteiger partial charge in [0, 0.05) is 28.6 Å². The molecule has 0 atom stereocenters. The van der Waals surface area contributed by atoms with Crippen LogP contribution < -0.4 is 5.73 Å². The summed E-state index contributed by atoms with van der Waals surface area (Å²) in [6.07, 6.45) is -0.0643. The van der Waals surface area contributed by atoms with E-state index in [1.165, 1.54) is 0 Å². The highest BCUT2D eigenvalue weighted by molar-refractivity contribution is 7.22. The van der Waals surface area contributed by atoms with E-state index in [0.29, 0.717) is 10.8 Å². The molecule has 5 aromatic rings. The molecule has 9 heteroatoms. The number of halogens is 1. The van der Waals surface area contributed by atoms with Crippen molar-refractivity contribution in [3.8, 4) is 21.7 Å². The first-order chi connectivity index (χ1) is 17.3. The summed E-state index contributed by atoms with van der Waals surface area (Å²) in [4.78, 5) is 16.5. The number of fused-ring (bicyclic) bond motifs is 2. The van der Waals surface area contributed by atoms with Crippen molar-refractivity contribution in [1.82, 2.24) is 14.8 Å². The number of aliphatic carboxylic acids is 1. The van der Waals surface area contributed by atoms with Gasteiger partial charge in [-0.05, 0) is 80.8 Å². The van der Waals surface area contributed by atoms with Gasteiger partial charge >= 0.3 is 5.97 Å². The number of carboxylic acids is 1. The van der Waals surface area contributed by atoms with E-state index in [1.54, 1.807) is 36.8 Å². The first-order valence-corrected chi connectivity index (χ1v) is 12.9. The average molecular weight is 537 g/mol. The summed E-state index contributed by atoms with van der Waals surface area (Å²) in [5, 5.41) is 24.7. The van der Waals surface area contributed by atoms with Crippen LogP contribution in [0.3, 0.4) is 0 Å². The fourth-order valence-corrected chi connectivity index (χ4v) is 5.35. The largest absolute Gasteiger partial charge is 0.481 e. The van der Waals surface area contributed by atoms with Crippen molar-refractivity contribution in [2.45, 2.75) is 39.7 Å². The van der Waals surface area contributed by atoms with Crippen molar-refractivity contribution in [2.75, 3.05) is 5.73 Å². The number of benzene rings is 3. The van der Waals surface area contributed by atoms with E-state index in [-0.39, 0.29) is 6.42 Å². The molecule has 4 N–H and O–H groups in total. The topological polar surface area (TPSA) is 114 Å². The number of nitrogen functional groups attached to an aromatic ring is 1. The van der Waals surface area contributed by atoms with Crippen LogP contribution >= 0.6 is 22.9 Å². The molecule has 0 aliphatic carbocycles. The molecule has 3 aromatic carbocycles. The van der Waals surface area contributed by atoms with E-state index in [1.807, 2.05) is 62.5 Å². The minimum absolute atomic E-state index is 0.0643. The van der Waals surface area contributed by atoms with Crippen LogP contribution in [0.5, 0.6) is 0 Å². The number of aliphatic hydroxyl groups is 1. The summed E-state index contributed by atoms with van der Waals surface area (Å²) in [6.45, 7) is 7.16. The number of carbonyl (C=O) groups is 1. The Kier molecular flexibility index (Phi) is 7.28. The van der Waals surface area contributed by atoms with Gasteiger partial charge < -0.3 is 15.9 Å². The minimum atomic E-state index is -0.870. The van der Waals surface area contributed by atoms with Gasteiger partial charge in [0.05, 0.1) is 27.8 Å². The van der Waals surface area contributed by atoms with E-state index >= 15 is 0 Å². The van der Waals surface area contributed by atoms with Crippen LogP contribution in [0.2, 0.25) is 5.02 Å². The van der Waals surface area contributed by atoms with Crippen molar-refractivity contribution in [3.05, 3.63) is 64.7 Å². The molecule has 37 heavy (non-hydrogen) atoms. The molecule has 2 aromatic heterocycles. The fraction of sp³-hybridized carbons (Fsp3) is 0.250. The van der Waals surface area contributed by atoms with Crippen molar-refractivity contribution in [3.63, 3.8) is 0 Å². The number of carboxylic acid groups (broad SMARTS) is 1. The lowest BCUT2D eigenvalue weighted by Gasteiger charge is -2.13. The number of hydrogen-bond acceptors (Lipinski definition) is 6. The first kappa shape index (κ1) is 26.6. The Labute approximate surface area is 224 Å². The molecule has 0 bridgehead atoms. The van der Waals surface area contributed by atoms with Crippen LogP contribution in [0, 0.1) is 6.92 Å². The molecule has 0 amide bonds. The van der Waals surface area contributed by atoms with E-state index < -0.39 is 11.6 Å².